The van der Waals surface area contributed by atoms with Crippen molar-refractivity contribution in [2.24, 2.45) is 5.73 Å². The standard InChI is InChI=1S/C12H14N2O5S/c13-10(15)5-19-9-3-1-2-8(4-9)14-11(16)6-20-7-12(17)18/h1-4H,5-7H2,(H2,13,15)(H,14,16)(H,17,18). The minimum absolute atomic E-state index is 0.0403. The number of thioether (sulfide) groups is 1. The monoisotopic (exact) mass is 298 g/mol. The highest BCUT2D eigenvalue weighted by Crippen LogP contribution is 2.17. The Balaban J connectivity index is 2.46. The van der Waals surface area contributed by atoms with Gasteiger partial charge < -0.3 is 20.9 Å². The van der Waals surface area contributed by atoms with Gasteiger partial charge in [0.05, 0.1) is 11.5 Å². The van der Waals surface area contributed by atoms with Crippen LogP contribution < -0.4 is 15.8 Å². The maximum absolute atomic E-state index is 11.5. The molecule has 0 saturated carbocycles. The van der Waals surface area contributed by atoms with Crippen LogP contribution in [-0.2, 0) is 14.4 Å². The molecule has 20 heavy (non-hydrogen) atoms. The SMILES string of the molecule is NC(=O)COc1cccc(NC(=O)CSCC(=O)O)c1. The summed E-state index contributed by atoms with van der Waals surface area (Å²) in [4.78, 5) is 32.4. The zero-order chi connectivity index (χ0) is 15.0. The Morgan fingerprint density at radius 2 is 2.05 bits per heavy atom. The van der Waals surface area contributed by atoms with E-state index in [-0.39, 0.29) is 24.0 Å². The number of carboxylic acid groups (broad SMARTS) is 1. The number of benzene rings is 1. The summed E-state index contributed by atoms with van der Waals surface area (Å²) in [6.07, 6.45) is 0. The van der Waals surface area contributed by atoms with E-state index in [4.69, 9.17) is 15.6 Å². The van der Waals surface area contributed by atoms with Gasteiger partial charge in [0, 0.05) is 11.8 Å². The molecular formula is C12H14N2O5S. The lowest BCUT2D eigenvalue weighted by Crippen LogP contribution is -2.20. The van der Waals surface area contributed by atoms with Gasteiger partial charge in [-0.25, -0.2) is 0 Å². The second-order valence-electron chi connectivity index (χ2n) is 3.72. The van der Waals surface area contributed by atoms with Crippen LogP contribution in [0.15, 0.2) is 24.3 Å². The number of rotatable bonds is 8. The summed E-state index contributed by atoms with van der Waals surface area (Å²) in [5.74, 6) is -1.56. The molecule has 0 radical (unpaired) electrons. The first-order valence-corrected chi connectivity index (χ1v) is 6.73. The Hall–Kier alpha value is -2.22. The van der Waals surface area contributed by atoms with E-state index in [1.165, 1.54) is 0 Å². The zero-order valence-electron chi connectivity index (χ0n) is 10.5. The van der Waals surface area contributed by atoms with Crippen LogP contribution in [0.4, 0.5) is 5.69 Å². The maximum Gasteiger partial charge on any atom is 0.313 e. The number of amides is 2. The fourth-order valence-corrected chi connectivity index (χ4v) is 1.78. The molecule has 1 aromatic carbocycles. The lowest BCUT2D eigenvalue weighted by Gasteiger charge is -2.07. The molecular weight excluding hydrogens is 284 g/mol. The Bertz CT molecular complexity index is 506. The predicted molar refractivity (Wildman–Crippen MR) is 74.7 cm³/mol. The van der Waals surface area contributed by atoms with Crippen molar-refractivity contribution in [2.45, 2.75) is 0 Å². The van der Waals surface area contributed by atoms with Crippen molar-refractivity contribution >= 4 is 35.2 Å². The summed E-state index contributed by atoms with van der Waals surface area (Å²) in [5.41, 5.74) is 5.45. The number of carbonyl (C=O) groups excluding carboxylic acids is 2. The van der Waals surface area contributed by atoms with Crippen molar-refractivity contribution in [1.29, 1.82) is 0 Å². The van der Waals surface area contributed by atoms with Crippen molar-refractivity contribution in [3.8, 4) is 5.75 Å². The summed E-state index contributed by atoms with van der Waals surface area (Å²) < 4.78 is 5.09. The van der Waals surface area contributed by atoms with E-state index in [0.29, 0.717) is 11.4 Å². The van der Waals surface area contributed by atoms with Crippen LogP contribution >= 0.6 is 11.8 Å². The van der Waals surface area contributed by atoms with Crippen molar-refractivity contribution in [3.63, 3.8) is 0 Å². The van der Waals surface area contributed by atoms with Gasteiger partial charge >= 0.3 is 5.97 Å². The second-order valence-corrected chi connectivity index (χ2v) is 4.70. The molecule has 0 spiro atoms. The third-order valence-corrected chi connectivity index (χ3v) is 2.87. The molecule has 0 unspecified atom stereocenters. The number of nitrogens with two attached hydrogens (primary N) is 1. The number of nitrogens with one attached hydrogen (secondary N) is 1. The van der Waals surface area contributed by atoms with E-state index in [1.807, 2.05) is 0 Å². The highest BCUT2D eigenvalue weighted by molar-refractivity contribution is 8.00. The van der Waals surface area contributed by atoms with Crippen LogP contribution in [0.1, 0.15) is 0 Å². The van der Waals surface area contributed by atoms with Crippen LogP contribution in [0.2, 0.25) is 0 Å². The van der Waals surface area contributed by atoms with Gasteiger partial charge in [0.25, 0.3) is 5.91 Å². The highest BCUT2D eigenvalue weighted by Gasteiger charge is 2.06. The Labute approximate surface area is 119 Å². The quantitative estimate of drug-likeness (QED) is 0.635. The van der Waals surface area contributed by atoms with Gasteiger partial charge in [0.2, 0.25) is 5.91 Å². The van der Waals surface area contributed by atoms with E-state index in [1.54, 1.807) is 24.3 Å². The van der Waals surface area contributed by atoms with E-state index in [9.17, 15) is 14.4 Å². The van der Waals surface area contributed by atoms with Gasteiger partial charge in [-0.3, -0.25) is 14.4 Å². The molecule has 0 saturated heterocycles. The molecule has 7 nitrogen and oxygen atoms in total. The van der Waals surface area contributed by atoms with Crippen molar-refractivity contribution in [1.82, 2.24) is 0 Å². The molecule has 0 fully saturated rings. The number of ether oxygens (including phenoxy) is 1. The molecule has 4 N–H and O–H groups in total. The maximum atomic E-state index is 11.5. The Kier molecular flexibility index (Phi) is 6.38. The van der Waals surface area contributed by atoms with Gasteiger partial charge in [-0.15, -0.1) is 11.8 Å². The third kappa shape index (κ3) is 6.64. The van der Waals surface area contributed by atoms with Crippen LogP contribution in [0.5, 0.6) is 5.75 Å². The smallest absolute Gasteiger partial charge is 0.313 e. The highest BCUT2D eigenvalue weighted by atomic mass is 32.2. The average Bonchev–Trinajstić information content (AvgIpc) is 2.36. The summed E-state index contributed by atoms with van der Waals surface area (Å²) in [7, 11) is 0. The zero-order valence-corrected chi connectivity index (χ0v) is 11.3. The fraction of sp³-hybridized carbons (Fsp3) is 0.250. The largest absolute Gasteiger partial charge is 0.484 e. The van der Waals surface area contributed by atoms with Crippen LogP contribution in [0.3, 0.4) is 0 Å². The van der Waals surface area contributed by atoms with E-state index < -0.39 is 11.9 Å². The first kappa shape index (κ1) is 15.8. The molecule has 108 valence electrons. The number of hydrogen-bond donors (Lipinski definition) is 3. The van der Waals surface area contributed by atoms with E-state index >= 15 is 0 Å². The molecule has 1 rings (SSSR count). The lowest BCUT2D eigenvalue weighted by molar-refractivity contribution is -0.133. The number of hydrogen-bond acceptors (Lipinski definition) is 5. The van der Waals surface area contributed by atoms with E-state index in [0.717, 1.165) is 11.8 Å². The molecule has 8 heteroatoms. The van der Waals surface area contributed by atoms with Crippen LogP contribution in [-0.4, -0.2) is 41.0 Å². The fourth-order valence-electron chi connectivity index (χ4n) is 1.25. The first-order valence-electron chi connectivity index (χ1n) is 5.58. The topological polar surface area (TPSA) is 119 Å². The molecule has 0 aromatic heterocycles. The van der Waals surface area contributed by atoms with Crippen molar-refractivity contribution in [3.05, 3.63) is 24.3 Å². The summed E-state index contributed by atoms with van der Waals surface area (Å²) in [6, 6.07) is 6.47. The van der Waals surface area contributed by atoms with Crippen LogP contribution in [0.25, 0.3) is 0 Å². The van der Waals surface area contributed by atoms with Crippen molar-refractivity contribution < 1.29 is 24.2 Å². The number of carboxylic acids is 1. The second kappa shape index (κ2) is 8.05. The minimum atomic E-state index is -0.968. The molecule has 0 atom stereocenters. The molecule has 0 aliphatic heterocycles. The van der Waals surface area contributed by atoms with Crippen molar-refractivity contribution in [2.75, 3.05) is 23.4 Å². The van der Waals surface area contributed by atoms with Gasteiger partial charge in [0.1, 0.15) is 5.75 Å². The summed E-state index contributed by atoms with van der Waals surface area (Å²) in [5, 5.41) is 11.0. The number of anilines is 1. The summed E-state index contributed by atoms with van der Waals surface area (Å²) >= 11 is 1.00. The molecule has 0 aliphatic carbocycles. The number of carbonyl (C=O) groups is 3. The molecule has 0 heterocycles. The molecule has 0 aliphatic rings. The Morgan fingerprint density at radius 1 is 1.30 bits per heavy atom. The number of aliphatic carboxylic acids is 1. The molecule has 2 amide bonds. The predicted octanol–water partition coefficient (Wildman–Crippen LogP) is 0.307. The van der Waals surface area contributed by atoms with Gasteiger partial charge in [0.15, 0.2) is 6.61 Å². The minimum Gasteiger partial charge on any atom is -0.484 e. The van der Waals surface area contributed by atoms with Gasteiger partial charge in [-0.2, -0.15) is 0 Å². The normalized spacial score (nSPS) is 9.80. The van der Waals surface area contributed by atoms with E-state index in [2.05, 4.69) is 5.32 Å². The summed E-state index contributed by atoms with van der Waals surface area (Å²) in [6.45, 7) is -0.244. The molecule has 0 bridgehead atoms. The molecule has 1 aromatic rings. The lowest BCUT2D eigenvalue weighted by atomic mass is 10.3. The Morgan fingerprint density at radius 3 is 2.70 bits per heavy atom. The van der Waals surface area contributed by atoms with Crippen LogP contribution in [0, 0.1) is 0 Å². The number of primary amides is 1. The first-order chi connectivity index (χ1) is 9.47. The van der Waals surface area contributed by atoms with Gasteiger partial charge in [-0.1, -0.05) is 6.07 Å². The average molecular weight is 298 g/mol. The van der Waals surface area contributed by atoms with Gasteiger partial charge in [-0.05, 0) is 12.1 Å². The third-order valence-electron chi connectivity index (χ3n) is 1.96.